The summed E-state index contributed by atoms with van der Waals surface area (Å²) in [5.74, 6) is -1.22. The predicted octanol–water partition coefficient (Wildman–Crippen LogP) is 7.56. The third-order valence-electron chi connectivity index (χ3n) is 6.30. The van der Waals surface area contributed by atoms with Crippen LogP contribution in [0.3, 0.4) is 0 Å². The van der Waals surface area contributed by atoms with Crippen molar-refractivity contribution in [3.05, 3.63) is 108 Å². The van der Waals surface area contributed by atoms with E-state index in [9.17, 15) is 35.9 Å². The van der Waals surface area contributed by atoms with Crippen molar-refractivity contribution in [2.24, 2.45) is 0 Å². The third kappa shape index (κ3) is 9.05. The molecule has 0 aliphatic heterocycles. The second-order valence-electron chi connectivity index (χ2n) is 9.61. The smallest absolute Gasteiger partial charge is 0.406 e. The van der Waals surface area contributed by atoms with Gasteiger partial charge in [0.05, 0.1) is 11.3 Å². The summed E-state index contributed by atoms with van der Waals surface area (Å²) >= 11 is 0. The van der Waals surface area contributed by atoms with Gasteiger partial charge in [0.25, 0.3) is 5.91 Å². The molecule has 3 N–H and O–H groups in total. The molecule has 0 spiro atoms. The molecule has 1 heterocycles. The highest BCUT2D eigenvalue weighted by atomic mass is 19.4. The van der Waals surface area contributed by atoms with Crippen LogP contribution in [0.25, 0.3) is 6.08 Å². The molecule has 0 saturated heterocycles. The predicted molar refractivity (Wildman–Crippen MR) is 157 cm³/mol. The number of nitrogens with one attached hydrogen (secondary N) is 3. The van der Waals surface area contributed by atoms with Crippen molar-refractivity contribution in [3.63, 3.8) is 0 Å². The molecular weight excluding hydrogens is 604 g/mol. The minimum atomic E-state index is -4.82. The van der Waals surface area contributed by atoms with Gasteiger partial charge >= 0.3 is 12.5 Å². The number of benzene rings is 2. The van der Waals surface area contributed by atoms with Crippen molar-refractivity contribution >= 4 is 40.8 Å². The van der Waals surface area contributed by atoms with Gasteiger partial charge in [-0.15, -0.1) is 13.2 Å². The van der Waals surface area contributed by atoms with Crippen LogP contribution in [-0.2, 0) is 16.0 Å². The summed E-state index contributed by atoms with van der Waals surface area (Å²) in [5.41, 5.74) is 2.12. The summed E-state index contributed by atoms with van der Waals surface area (Å²) in [5, 5.41) is 8.29. The molecule has 0 bridgehead atoms. The van der Waals surface area contributed by atoms with E-state index in [2.05, 4.69) is 37.2 Å². The van der Waals surface area contributed by atoms with Crippen LogP contribution in [0.1, 0.15) is 23.2 Å². The summed E-state index contributed by atoms with van der Waals surface area (Å²) in [4.78, 5) is 34.0. The van der Waals surface area contributed by atoms with Crippen molar-refractivity contribution in [1.29, 1.82) is 0 Å². The van der Waals surface area contributed by atoms with Gasteiger partial charge in [0.15, 0.2) is 0 Å². The van der Waals surface area contributed by atoms with Gasteiger partial charge in [-0.25, -0.2) is 9.97 Å². The zero-order valence-electron chi connectivity index (χ0n) is 23.5. The van der Waals surface area contributed by atoms with Crippen molar-refractivity contribution < 1.29 is 40.7 Å². The first-order valence-corrected chi connectivity index (χ1v) is 13.2. The van der Waals surface area contributed by atoms with E-state index in [0.717, 1.165) is 30.4 Å². The number of nitrogens with zero attached hydrogens (tertiary/aromatic N) is 2. The Morgan fingerprint density at radius 3 is 2.38 bits per heavy atom. The first-order chi connectivity index (χ1) is 21.2. The number of aromatic nitrogens is 2. The minimum absolute atomic E-state index is 0.167. The Labute approximate surface area is 253 Å². The fourth-order valence-corrected chi connectivity index (χ4v) is 4.15. The SMILES string of the molecule is C=C/C=C\C(=C/CC(=O)Nc1ccc(C)c(NC(=O)C2=Cc3c(ncnc3Nc3ccc(OC(F)(F)F)cc3)C2)c1)C(F)(F)F. The molecule has 1 aliphatic carbocycles. The van der Waals surface area contributed by atoms with E-state index in [4.69, 9.17) is 0 Å². The van der Waals surface area contributed by atoms with E-state index >= 15 is 0 Å². The van der Waals surface area contributed by atoms with E-state index in [1.807, 2.05) is 0 Å². The van der Waals surface area contributed by atoms with Crippen LogP contribution in [0.15, 0.2) is 90.8 Å². The lowest BCUT2D eigenvalue weighted by atomic mass is 10.1. The molecule has 1 aliphatic rings. The van der Waals surface area contributed by atoms with Gasteiger partial charge in [0.1, 0.15) is 17.9 Å². The number of fused-ring (bicyclic) bond motifs is 1. The van der Waals surface area contributed by atoms with E-state index in [1.165, 1.54) is 30.6 Å². The van der Waals surface area contributed by atoms with Crippen molar-refractivity contribution in [2.45, 2.75) is 32.3 Å². The van der Waals surface area contributed by atoms with Crippen LogP contribution in [0, 0.1) is 6.92 Å². The molecule has 0 unspecified atom stereocenters. The number of hydrogen-bond acceptors (Lipinski definition) is 6. The molecule has 45 heavy (non-hydrogen) atoms. The Kier molecular flexibility index (Phi) is 9.75. The molecule has 0 saturated carbocycles. The van der Waals surface area contributed by atoms with Crippen LogP contribution < -0.4 is 20.7 Å². The van der Waals surface area contributed by atoms with E-state index in [1.54, 1.807) is 25.1 Å². The number of anilines is 4. The monoisotopic (exact) mass is 629 g/mol. The molecule has 2 amide bonds. The first kappa shape index (κ1) is 32.5. The summed E-state index contributed by atoms with van der Waals surface area (Å²) < 4.78 is 80.7. The molecule has 0 fully saturated rings. The number of halogens is 6. The number of amides is 2. The van der Waals surface area contributed by atoms with Gasteiger partial charge in [-0.2, -0.15) is 13.2 Å². The van der Waals surface area contributed by atoms with Crippen molar-refractivity contribution in [1.82, 2.24) is 9.97 Å². The van der Waals surface area contributed by atoms with Gasteiger partial charge in [-0.1, -0.05) is 36.9 Å². The average molecular weight is 630 g/mol. The van der Waals surface area contributed by atoms with Gasteiger partial charge in [-0.3, -0.25) is 9.59 Å². The van der Waals surface area contributed by atoms with Crippen LogP contribution >= 0.6 is 0 Å². The van der Waals surface area contributed by atoms with Gasteiger partial charge < -0.3 is 20.7 Å². The lowest BCUT2D eigenvalue weighted by Crippen LogP contribution is -2.17. The van der Waals surface area contributed by atoms with E-state index in [0.29, 0.717) is 39.6 Å². The highest BCUT2D eigenvalue weighted by Crippen LogP contribution is 2.32. The minimum Gasteiger partial charge on any atom is -0.406 e. The molecule has 2 aromatic carbocycles. The van der Waals surface area contributed by atoms with Gasteiger partial charge in [-0.05, 0) is 55.0 Å². The zero-order valence-corrected chi connectivity index (χ0v) is 23.5. The van der Waals surface area contributed by atoms with Crippen molar-refractivity contribution in [2.75, 3.05) is 16.0 Å². The molecule has 0 radical (unpaired) electrons. The number of alkyl halides is 6. The standard InChI is InChI=1S/C31H25F6N5O3/c1-3-4-5-20(30(32,33)34)7-13-27(43)40-22-8-6-18(2)25(16-22)42-29(44)19-14-24-26(15-19)38-17-39-28(24)41-21-9-11-23(12-10-21)45-31(35,36)37/h3-12,14,16-17H,1,13,15H2,2H3,(H,40,43)(H,42,44)(H,38,39,41)/b5-4-,20-7+. The zero-order chi connectivity index (χ0) is 32.8. The first-order valence-electron chi connectivity index (χ1n) is 13.2. The Hall–Kier alpha value is -5.40. The fourth-order valence-electron chi connectivity index (χ4n) is 4.15. The van der Waals surface area contributed by atoms with Crippen LogP contribution in [0.2, 0.25) is 0 Å². The number of aryl methyl sites for hydroxylation is 1. The molecule has 1 aromatic heterocycles. The second-order valence-corrected chi connectivity index (χ2v) is 9.61. The molecule has 4 rings (SSSR count). The summed E-state index contributed by atoms with van der Waals surface area (Å²) in [6, 6.07) is 9.70. The number of rotatable bonds is 10. The number of allylic oxidation sites excluding steroid dienone is 4. The number of ether oxygens (including phenoxy) is 1. The quantitative estimate of drug-likeness (QED) is 0.158. The van der Waals surface area contributed by atoms with Gasteiger partial charge in [0.2, 0.25) is 5.91 Å². The molecule has 234 valence electrons. The topological polar surface area (TPSA) is 105 Å². The Balaban J connectivity index is 1.43. The maximum atomic E-state index is 13.2. The van der Waals surface area contributed by atoms with Crippen LogP contribution in [-0.4, -0.2) is 34.3 Å². The third-order valence-corrected chi connectivity index (χ3v) is 6.30. The lowest BCUT2D eigenvalue weighted by Gasteiger charge is -2.12. The molecule has 14 heteroatoms. The largest absolute Gasteiger partial charge is 0.573 e. The van der Waals surface area contributed by atoms with Gasteiger partial charge in [0, 0.05) is 41.0 Å². The maximum Gasteiger partial charge on any atom is 0.573 e. The Bertz CT molecular complexity index is 1690. The molecule has 3 aromatic rings. The highest BCUT2D eigenvalue weighted by molar-refractivity contribution is 6.09. The summed E-state index contributed by atoms with van der Waals surface area (Å²) in [6.07, 6.45) is -3.08. The molecule has 8 nitrogen and oxygen atoms in total. The Morgan fingerprint density at radius 2 is 1.71 bits per heavy atom. The van der Waals surface area contributed by atoms with Crippen molar-refractivity contribution in [3.8, 4) is 5.75 Å². The number of carbonyl (C=O) groups excluding carboxylic acids is 2. The molecular formula is C31H25F6N5O3. The summed E-state index contributed by atoms with van der Waals surface area (Å²) in [7, 11) is 0. The normalized spacial score (nSPS) is 13.2. The van der Waals surface area contributed by atoms with Crippen LogP contribution in [0.4, 0.5) is 49.2 Å². The number of carbonyl (C=O) groups is 2. The lowest BCUT2D eigenvalue weighted by molar-refractivity contribution is -0.274. The second kappa shape index (κ2) is 13.5. The maximum absolute atomic E-state index is 13.2. The number of hydrogen-bond donors (Lipinski definition) is 3. The highest BCUT2D eigenvalue weighted by Gasteiger charge is 2.32. The average Bonchev–Trinajstić information content (AvgIpc) is 3.40. The summed E-state index contributed by atoms with van der Waals surface area (Å²) in [6.45, 7) is 5.06. The van der Waals surface area contributed by atoms with E-state index in [-0.39, 0.29) is 17.9 Å². The van der Waals surface area contributed by atoms with E-state index < -0.39 is 36.3 Å². The fraction of sp³-hybridized carbons (Fsp3) is 0.161. The van der Waals surface area contributed by atoms with Crippen LogP contribution in [0.5, 0.6) is 5.75 Å². The Morgan fingerprint density at radius 1 is 1.00 bits per heavy atom. The molecule has 0 atom stereocenters.